The van der Waals surface area contributed by atoms with E-state index in [1.807, 2.05) is 19.9 Å². The van der Waals surface area contributed by atoms with Crippen LogP contribution in [0, 0.1) is 24.2 Å². The largest absolute Gasteiger partial charge is 0.492 e. The van der Waals surface area contributed by atoms with E-state index in [1.54, 1.807) is 43.3 Å². The second-order valence-electron chi connectivity index (χ2n) is 7.43. The van der Waals surface area contributed by atoms with Crippen molar-refractivity contribution in [3.8, 4) is 28.1 Å². The number of hydrogen-bond donors (Lipinski definition) is 0. The standard InChI is InChI=1S/C24H22N2O4S/c1-14(2)13-29-21-10-7-18(11-19(21)12-25)23-26-15(3)22(31-23)24(28)30-20-8-5-17(6-9-20)16(4)27/h5-11,14H,13H2,1-4H3. The fraction of sp³-hybridized carbons (Fsp3) is 0.250. The number of ether oxygens (including phenoxy) is 2. The number of benzene rings is 2. The molecule has 0 amide bonds. The Morgan fingerprint density at radius 2 is 1.87 bits per heavy atom. The van der Waals surface area contributed by atoms with E-state index in [1.165, 1.54) is 18.3 Å². The maximum Gasteiger partial charge on any atom is 0.355 e. The molecule has 0 unspecified atom stereocenters. The van der Waals surface area contributed by atoms with E-state index in [0.717, 1.165) is 5.56 Å². The number of carbonyl (C=O) groups excluding carboxylic acids is 2. The van der Waals surface area contributed by atoms with Gasteiger partial charge < -0.3 is 9.47 Å². The molecular weight excluding hydrogens is 412 g/mol. The van der Waals surface area contributed by atoms with Crippen molar-refractivity contribution in [2.45, 2.75) is 27.7 Å². The molecule has 0 aliphatic heterocycles. The minimum absolute atomic E-state index is 0.0572. The van der Waals surface area contributed by atoms with Gasteiger partial charge in [-0.25, -0.2) is 9.78 Å². The Hall–Kier alpha value is -3.50. The molecule has 0 bridgehead atoms. The number of ketones is 1. The maximum atomic E-state index is 12.6. The normalized spacial score (nSPS) is 10.6. The van der Waals surface area contributed by atoms with Crippen LogP contribution in [0.1, 0.15) is 52.1 Å². The third kappa shape index (κ3) is 5.36. The van der Waals surface area contributed by atoms with E-state index in [-0.39, 0.29) is 5.78 Å². The number of carbonyl (C=O) groups is 2. The number of aryl methyl sites for hydroxylation is 1. The van der Waals surface area contributed by atoms with Gasteiger partial charge in [0.2, 0.25) is 0 Å². The number of rotatable bonds is 7. The number of aromatic nitrogens is 1. The minimum atomic E-state index is -0.519. The number of thiazole rings is 1. The van der Waals surface area contributed by atoms with Crippen LogP contribution in [0.25, 0.3) is 10.6 Å². The van der Waals surface area contributed by atoms with E-state index >= 15 is 0 Å². The summed E-state index contributed by atoms with van der Waals surface area (Å²) in [4.78, 5) is 28.9. The molecule has 0 radical (unpaired) electrons. The summed E-state index contributed by atoms with van der Waals surface area (Å²) in [5.74, 6) is 0.650. The van der Waals surface area contributed by atoms with E-state index in [9.17, 15) is 14.9 Å². The van der Waals surface area contributed by atoms with Gasteiger partial charge in [-0.15, -0.1) is 11.3 Å². The molecular formula is C24H22N2O4S. The summed E-state index contributed by atoms with van der Waals surface area (Å²) in [6.07, 6.45) is 0. The first-order valence-corrected chi connectivity index (χ1v) is 10.6. The van der Waals surface area contributed by atoms with Gasteiger partial charge in [-0.3, -0.25) is 4.79 Å². The van der Waals surface area contributed by atoms with Crippen molar-refractivity contribution >= 4 is 23.1 Å². The van der Waals surface area contributed by atoms with Gasteiger partial charge >= 0.3 is 5.97 Å². The SMILES string of the molecule is CC(=O)c1ccc(OC(=O)c2sc(-c3ccc(OCC(C)C)c(C#N)c3)nc2C)cc1. The van der Waals surface area contributed by atoms with E-state index in [4.69, 9.17) is 9.47 Å². The average Bonchev–Trinajstić information content (AvgIpc) is 3.14. The third-order valence-electron chi connectivity index (χ3n) is 4.37. The fourth-order valence-electron chi connectivity index (χ4n) is 2.75. The van der Waals surface area contributed by atoms with Crippen molar-refractivity contribution in [2.75, 3.05) is 6.61 Å². The van der Waals surface area contributed by atoms with Crippen LogP contribution in [-0.2, 0) is 0 Å². The van der Waals surface area contributed by atoms with Crippen molar-refractivity contribution in [1.82, 2.24) is 4.98 Å². The van der Waals surface area contributed by atoms with Crippen LogP contribution in [0.15, 0.2) is 42.5 Å². The molecule has 3 rings (SSSR count). The molecule has 0 saturated heterocycles. The second-order valence-corrected chi connectivity index (χ2v) is 8.43. The molecule has 0 fully saturated rings. The summed E-state index contributed by atoms with van der Waals surface area (Å²) in [6.45, 7) is 7.81. The first-order valence-electron chi connectivity index (χ1n) is 9.76. The van der Waals surface area contributed by atoms with Gasteiger partial charge in [0.05, 0.1) is 17.9 Å². The molecule has 0 aliphatic carbocycles. The topological polar surface area (TPSA) is 89.3 Å². The summed E-state index contributed by atoms with van der Waals surface area (Å²) >= 11 is 1.20. The Morgan fingerprint density at radius 3 is 2.48 bits per heavy atom. The van der Waals surface area contributed by atoms with Crippen LogP contribution in [0.2, 0.25) is 0 Å². The molecule has 0 spiro atoms. The molecule has 158 valence electrons. The lowest BCUT2D eigenvalue weighted by Gasteiger charge is -2.10. The zero-order valence-electron chi connectivity index (χ0n) is 17.8. The highest BCUT2D eigenvalue weighted by Gasteiger charge is 2.19. The number of nitriles is 1. The minimum Gasteiger partial charge on any atom is -0.492 e. The number of nitrogens with zero attached hydrogens (tertiary/aromatic N) is 2. The van der Waals surface area contributed by atoms with E-state index in [2.05, 4.69) is 11.1 Å². The predicted octanol–water partition coefficient (Wildman–Crippen LogP) is 5.45. The first kappa shape index (κ1) is 22.2. The number of Topliss-reactive ketones (excluding diaryl/α,β-unsaturated/α-hetero) is 1. The zero-order chi connectivity index (χ0) is 22.5. The van der Waals surface area contributed by atoms with Gasteiger partial charge in [-0.2, -0.15) is 5.26 Å². The highest BCUT2D eigenvalue weighted by atomic mass is 32.1. The molecule has 0 N–H and O–H groups in total. The number of hydrogen-bond acceptors (Lipinski definition) is 7. The molecule has 1 heterocycles. The Bertz CT molecular complexity index is 1160. The molecule has 31 heavy (non-hydrogen) atoms. The average molecular weight is 435 g/mol. The molecule has 0 atom stereocenters. The second kappa shape index (κ2) is 9.54. The monoisotopic (exact) mass is 434 g/mol. The summed E-state index contributed by atoms with van der Waals surface area (Å²) in [6, 6.07) is 13.8. The Labute approximate surface area is 185 Å². The van der Waals surface area contributed by atoms with E-state index < -0.39 is 5.97 Å². The van der Waals surface area contributed by atoms with Crippen LogP contribution < -0.4 is 9.47 Å². The Kier molecular flexibility index (Phi) is 6.83. The lowest BCUT2D eigenvalue weighted by molar-refractivity contribution is 0.0739. The van der Waals surface area contributed by atoms with Crippen molar-refractivity contribution in [2.24, 2.45) is 5.92 Å². The highest BCUT2D eigenvalue weighted by Crippen LogP contribution is 2.32. The molecule has 2 aromatic carbocycles. The first-order chi connectivity index (χ1) is 14.8. The molecule has 3 aromatic rings. The zero-order valence-corrected chi connectivity index (χ0v) is 18.6. The van der Waals surface area contributed by atoms with Gasteiger partial charge in [0.15, 0.2) is 5.78 Å². The molecule has 0 aliphatic rings. The number of esters is 1. The van der Waals surface area contributed by atoms with Crippen LogP contribution in [0.5, 0.6) is 11.5 Å². The van der Waals surface area contributed by atoms with Crippen molar-refractivity contribution in [3.63, 3.8) is 0 Å². The van der Waals surface area contributed by atoms with Crippen molar-refractivity contribution in [3.05, 3.63) is 64.2 Å². The predicted molar refractivity (Wildman–Crippen MR) is 119 cm³/mol. The quantitative estimate of drug-likeness (QED) is 0.279. The van der Waals surface area contributed by atoms with Gasteiger partial charge in [-0.05, 0) is 62.2 Å². The van der Waals surface area contributed by atoms with Crippen molar-refractivity contribution in [1.29, 1.82) is 5.26 Å². The third-order valence-corrected chi connectivity index (χ3v) is 5.56. The fourth-order valence-corrected chi connectivity index (χ4v) is 3.69. The summed E-state index contributed by atoms with van der Waals surface area (Å²) < 4.78 is 11.1. The van der Waals surface area contributed by atoms with Crippen LogP contribution in [0.4, 0.5) is 0 Å². The van der Waals surface area contributed by atoms with Crippen LogP contribution in [0.3, 0.4) is 0 Å². The van der Waals surface area contributed by atoms with Gasteiger partial charge in [-0.1, -0.05) is 13.8 Å². The smallest absolute Gasteiger partial charge is 0.355 e. The maximum absolute atomic E-state index is 12.6. The summed E-state index contributed by atoms with van der Waals surface area (Å²) in [7, 11) is 0. The molecule has 1 aromatic heterocycles. The Morgan fingerprint density at radius 1 is 1.16 bits per heavy atom. The van der Waals surface area contributed by atoms with Crippen molar-refractivity contribution < 1.29 is 19.1 Å². The molecule has 0 saturated carbocycles. The van der Waals surface area contributed by atoms with Gasteiger partial charge in [0, 0.05) is 11.1 Å². The van der Waals surface area contributed by atoms with Crippen LogP contribution >= 0.6 is 11.3 Å². The lowest BCUT2D eigenvalue weighted by Crippen LogP contribution is -2.08. The Balaban J connectivity index is 1.80. The van der Waals surface area contributed by atoms with Gasteiger partial charge in [0.1, 0.15) is 27.5 Å². The van der Waals surface area contributed by atoms with Crippen LogP contribution in [-0.4, -0.2) is 23.3 Å². The molecule has 7 heteroatoms. The highest BCUT2D eigenvalue weighted by molar-refractivity contribution is 7.17. The summed E-state index contributed by atoms with van der Waals surface area (Å²) in [5, 5.41) is 10.1. The summed E-state index contributed by atoms with van der Waals surface area (Å²) in [5.41, 5.74) is 2.24. The van der Waals surface area contributed by atoms with Gasteiger partial charge in [0.25, 0.3) is 0 Å². The van der Waals surface area contributed by atoms with E-state index in [0.29, 0.717) is 50.7 Å². The lowest BCUT2D eigenvalue weighted by atomic mass is 10.1. The molecule has 6 nitrogen and oxygen atoms in total.